The van der Waals surface area contributed by atoms with Crippen molar-refractivity contribution in [2.24, 2.45) is 0 Å². The third-order valence-corrected chi connectivity index (χ3v) is 5.47. The van der Waals surface area contributed by atoms with Crippen molar-refractivity contribution in [2.75, 3.05) is 6.61 Å². The van der Waals surface area contributed by atoms with Crippen LogP contribution in [0.4, 0.5) is 0 Å². The van der Waals surface area contributed by atoms with E-state index in [1.807, 2.05) is 11.4 Å². The van der Waals surface area contributed by atoms with Gasteiger partial charge in [0.15, 0.2) is 0 Å². The topological polar surface area (TPSA) is 84.0 Å². The second-order valence-electron chi connectivity index (χ2n) is 6.19. The zero-order valence-electron chi connectivity index (χ0n) is 13.3. The lowest BCUT2D eigenvalue weighted by atomic mass is 10.0. The fraction of sp³-hybridized carbons (Fsp3) is 0.471. The van der Waals surface area contributed by atoms with Crippen LogP contribution in [0.3, 0.4) is 0 Å². The number of fused-ring (bicyclic) bond motifs is 3. The molecular weight excluding hydrogens is 324 g/mol. The minimum absolute atomic E-state index is 0.0134. The Bertz CT molecular complexity index is 916. The number of imidazole rings is 1. The van der Waals surface area contributed by atoms with Crippen LogP contribution in [-0.2, 0) is 4.74 Å². The van der Waals surface area contributed by atoms with E-state index in [-0.39, 0.29) is 12.1 Å². The molecule has 4 rings (SSSR count). The van der Waals surface area contributed by atoms with E-state index < -0.39 is 6.10 Å². The molecule has 0 radical (unpaired) electrons. The van der Waals surface area contributed by atoms with Crippen LogP contribution >= 0.6 is 11.3 Å². The van der Waals surface area contributed by atoms with E-state index in [0.717, 1.165) is 34.1 Å². The summed E-state index contributed by atoms with van der Waals surface area (Å²) in [6.07, 6.45) is 3.31. The van der Waals surface area contributed by atoms with Crippen molar-refractivity contribution in [3.05, 3.63) is 23.5 Å². The van der Waals surface area contributed by atoms with Gasteiger partial charge in [0.2, 0.25) is 0 Å². The van der Waals surface area contributed by atoms with Crippen molar-refractivity contribution in [1.29, 1.82) is 5.26 Å². The van der Waals surface area contributed by atoms with Crippen molar-refractivity contribution in [1.82, 2.24) is 14.5 Å². The van der Waals surface area contributed by atoms with E-state index in [2.05, 4.69) is 20.6 Å². The molecule has 24 heavy (non-hydrogen) atoms. The maximum absolute atomic E-state index is 10.2. The predicted octanol–water partition coefficient (Wildman–Crippen LogP) is 3.33. The van der Waals surface area contributed by atoms with Crippen LogP contribution in [-0.4, -0.2) is 32.4 Å². The van der Waals surface area contributed by atoms with Gasteiger partial charge in [-0.25, -0.2) is 4.98 Å². The van der Waals surface area contributed by atoms with Crippen molar-refractivity contribution < 1.29 is 9.84 Å². The Hall–Kier alpha value is -2.01. The van der Waals surface area contributed by atoms with Crippen LogP contribution in [0, 0.1) is 11.3 Å². The van der Waals surface area contributed by atoms with E-state index in [1.165, 1.54) is 0 Å². The maximum atomic E-state index is 10.2. The minimum Gasteiger partial charge on any atom is -0.385 e. The molecule has 3 aromatic heterocycles. The molecule has 0 spiro atoms. The first kappa shape index (κ1) is 15.5. The zero-order chi connectivity index (χ0) is 16.7. The summed E-state index contributed by atoms with van der Waals surface area (Å²) in [6, 6.07) is 4.29. The van der Waals surface area contributed by atoms with Crippen LogP contribution in [0.1, 0.15) is 44.2 Å². The van der Waals surface area contributed by atoms with Gasteiger partial charge in [0.05, 0.1) is 53.2 Å². The van der Waals surface area contributed by atoms with E-state index >= 15 is 0 Å². The summed E-state index contributed by atoms with van der Waals surface area (Å²) in [5.74, 6) is 0.653. The molecule has 0 aromatic carbocycles. The normalized spacial score (nSPS) is 22.7. The van der Waals surface area contributed by atoms with E-state index in [1.54, 1.807) is 24.5 Å². The standard InChI is InChI=1S/C17H18N4O2S/c1-10(22)17-20-14-8-19-13-5-7-24-16(13)15(14)21(17)11-2-3-12(4-6-18)23-9-11/h5,7-8,10-12,22H,2-4,9H2,1H3/t10-,11?,12-/m1/s1. The average molecular weight is 342 g/mol. The number of hydrogen-bond acceptors (Lipinski definition) is 6. The molecule has 0 aliphatic carbocycles. The summed E-state index contributed by atoms with van der Waals surface area (Å²) in [4.78, 5) is 9.07. The Morgan fingerprint density at radius 1 is 1.50 bits per heavy atom. The highest BCUT2D eigenvalue weighted by molar-refractivity contribution is 7.18. The molecule has 1 aliphatic heterocycles. The fourth-order valence-electron chi connectivity index (χ4n) is 3.42. The first-order valence-electron chi connectivity index (χ1n) is 8.09. The quantitative estimate of drug-likeness (QED) is 0.789. The SMILES string of the molecule is C[C@@H](O)c1nc2cnc3ccsc3c2n1C1CC[C@H](CC#N)OC1. The Labute approximate surface area is 143 Å². The largest absolute Gasteiger partial charge is 0.385 e. The molecule has 3 aromatic rings. The number of ether oxygens (including phenoxy) is 1. The Morgan fingerprint density at radius 2 is 2.38 bits per heavy atom. The van der Waals surface area contributed by atoms with Crippen LogP contribution in [0.5, 0.6) is 0 Å². The number of hydrogen-bond donors (Lipinski definition) is 1. The molecule has 3 atom stereocenters. The Balaban J connectivity index is 1.82. The Morgan fingerprint density at radius 3 is 3.08 bits per heavy atom. The maximum Gasteiger partial charge on any atom is 0.139 e. The number of aliphatic hydroxyl groups excluding tert-OH is 1. The van der Waals surface area contributed by atoms with Gasteiger partial charge in [-0.05, 0) is 31.2 Å². The number of pyridine rings is 1. The lowest BCUT2D eigenvalue weighted by Gasteiger charge is -2.30. The summed E-state index contributed by atoms with van der Waals surface area (Å²) >= 11 is 1.64. The molecule has 124 valence electrons. The van der Waals surface area contributed by atoms with Gasteiger partial charge < -0.3 is 14.4 Å². The molecule has 6 nitrogen and oxygen atoms in total. The summed E-state index contributed by atoms with van der Waals surface area (Å²) in [5, 5.41) is 21.1. The molecule has 0 amide bonds. The van der Waals surface area contributed by atoms with Crippen LogP contribution < -0.4 is 0 Å². The number of aliphatic hydroxyl groups is 1. The van der Waals surface area contributed by atoms with Gasteiger partial charge >= 0.3 is 0 Å². The molecule has 0 saturated carbocycles. The van der Waals surface area contributed by atoms with Crippen molar-refractivity contribution in [3.63, 3.8) is 0 Å². The second-order valence-corrected chi connectivity index (χ2v) is 7.11. The highest BCUT2D eigenvalue weighted by Crippen LogP contribution is 2.36. The number of aromatic nitrogens is 3. The minimum atomic E-state index is -0.663. The van der Waals surface area contributed by atoms with Crippen LogP contribution in [0.25, 0.3) is 21.3 Å². The van der Waals surface area contributed by atoms with Gasteiger partial charge in [-0.15, -0.1) is 11.3 Å². The lowest BCUT2D eigenvalue weighted by molar-refractivity contribution is -0.00949. The first-order valence-corrected chi connectivity index (χ1v) is 8.97. The number of nitrogens with zero attached hydrogens (tertiary/aromatic N) is 4. The highest BCUT2D eigenvalue weighted by Gasteiger charge is 2.28. The van der Waals surface area contributed by atoms with E-state index in [0.29, 0.717) is 18.9 Å². The van der Waals surface area contributed by atoms with Gasteiger partial charge in [0.25, 0.3) is 0 Å². The smallest absolute Gasteiger partial charge is 0.139 e. The molecule has 1 unspecified atom stereocenters. The summed E-state index contributed by atoms with van der Waals surface area (Å²) in [7, 11) is 0. The average Bonchev–Trinajstić information content (AvgIpc) is 3.19. The molecule has 4 heterocycles. The summed E-state index contributed by atoms with van der Waals surface area (Å²) in [5.41, 5.74) is 2.78. The van der Waals surface area contributed by atoms with Crippen LogP contribution in [0.2, 0.25) is 0 Å². The van der Waals surface area contributed by atoms with Gasteiger partial charge in [-0.1, -0.05) is 0 Å². The molecule has 0 bridgehead atoms. The van der Waals surface area contributed by atoms with Crippen molar-refractivity contribution in [2.45, 2.75) is 44.4 Å². The van der Waals surface area contributed by atoms with Crippen LogP contribution in [0.15, 0.2) is 17.6 Å². The molecule has 1 N–H and O–H groups in total. The molecule has 1 fully saturated rings. The summed E-state index contributed by atoms with van der Waals surface area (Å²) in [6.45, 7) is 2.27. The molecule has 7 heteroatoms. The molecule has 1 aliphatic rings. The third kappa shape index (κ3) is 2.47. The number of nitriles is 1. The molecule has 1 saturated heterocycles. The number of rotatable bonds is 3. The zero-order valence-corrected chi connectivity index (χ0v) is 14.2. The molecular formula is C17H18N4O2S. The fourth-order valence-corrected chi connectivity index (χ4v) is 4.31. The lowest BCUT2D eigenvalue weighted by Crippen LogP contribution is -2.29. The van der Waals surface area contributed by atoms with Crippen molar-refractivity contribution >= 4 is 32.6 Å². The first-order chi connectivity index (χ1) is 11.7. The van der Waals surface area contributed by atoms with Gasteiger partial charge in [-0.2, -0.15) is 5.26 Å². The van der Waals surface area contributed by atoms with Gasteiger partial charge in [-0.3, -0.25) is 4.98 Å². The van der Waals surface area contributed by atoms with Gasteiger partial charge in [0, 0.05) is 0 Å². The van der Waals surface area contributed by atoms with Gasteiger partial charge in [0.1, 0.15) is 17.4 Å². The third-order valence-electron chi connectivity index (χ3n) is 4.55. The number of thiophene rings is 1. The Kier molecular flexibility index (Phi) is 3.96. The van der Waals surface area contributed by atoms with E-state index in [9.17, 15) is 5.11 Å². The van der Waals surface area contributed by atoms with E-state index in [4.69, 9.17) is 10.00 Å². The monoisotopic (exact) mass is 342 g/mol. The van der Waals surface area contributed by atoms with Crippen molar-refractivity contribution in [3.8, 4) is 6.07 Å². The summed E-state index contributed by atoms with van der Waals surface area (Å²) < 4.78 is 9.08. The second kappa shape index (κ2) is 6.13. The highest BCUT2D eigenvalue weighted by atomic mass is 32.1. The predicted molar refractivity (Wildman–Crippen MR) is 91.8 cm³/mol.